The molecule has 0 radical (unpaired) electrons. The van der Waals surface area contributed by atoms with Crippen LogP contribution >= 0.6 is 15.9 Å². The number of aromatic amines is 1. The van der Waals surface area contributed by atoms with Crippen molar-refractivity contribution < 1.29 is 22.3 Å². The highest BCUT2D eigenvalue weighted by Gasteiger charge is 2.45. The van der Waals surface area contributed by atoms with Gasteiger partial charge in [-0.05, 0) is 18.2 Å². The molecular formula is C14H7BrF4N4O. The molecule has 2 aromatic rings. The maximum absolute atomic E-state index is 14.3. The van der Waals surface area contributed by atoms with Crippen molar-refractivity contribution in [2.75, 3.05) is 0 Å². The zero-order valence-corrected chi connectivity index (χ0v) is 13.2. The van der Waals surface area contributed by atoms with Crippen LogP contribution in [-0.2, 0) is 6.18 Å². The number of aromatic nitrogens is 2. The molecule has 124 valence electrons. The van der Waals surface area contributed by atoms with E-state index in [-0.39, 0.29) is 11.1 Å². The summed E-state index contributed by atoms with van der Waals surface area (Å²) in [5.74, 6) is -3.05. The minimum Gasteiger partial charge on any atom is -0.420 e. The summed E-state index contributed by atoms with van der Waals surface area (Å²) in [7, 11) is 0. The van der Waals surface area contributed by atoms with Gasteiger partial charge in [0.05, 0.1) is 11.5 Å². The summed E-state index contributed by atoms with van der Waals surface area (Å²) in [5, 5.41) is 14.6. The highest BCUT2D eigenvalue weighted by Crippen LogP contribution is 2.47. The second kappa shape index (κ2) is 5.52. The van der Waals surface area contributed by atoms with Crippen molar-refractivity contribution in [2.24, 2.45) is 5.73 Å². The summed E-state index contributed by atoms with van der Waals surface area (Å²) in [4.78, 5) is 0. The number of nitriles is 1. The zero-order valence-electron chi connectivity index (χ0n) is 11.6. The standard InChI is InChI=1S/C14H7BrF4N4O/c15-5-1-2-8(16)6(3-5)9-7(4-20)12(21)24-13-10(9)11(22-23-13)14(17,18)19/h1-3,9H,21H2,(H,22,23)/t9-/m0/s1. The third-order valence-electron chi connectivity index (χ3n) is 3.49. The fourth-order valence-electron chi connectivity index (χ4n) is 2.51. The van der Waals surface area contributed by atoms with E-state index in [1.807, 2.05) is 5.10 Å². The van der Waals surface area contributed by atoms with Crippen molar-refractivity contribution in [3.63, 3.8) is 0 Å². The van der Waals surface area contributed by atoms with Crippen LogP contribution in [0.2, 0.25) is 0 Å². The van der Waals surface area contributed by atoms with E-state index in [0.29, 0.717) is 4.47 Å². The molecule has 2 heterocycles. The quantitative estimate of drug-likeness (QED) is 0.714. The number of hydrogen-bond acceptors (Lipinski definition) is 4. The molecule has 0 bridgehead atoms. The number of nitrogens with two attached hydrogens (primary N) is 1. The van der Waals surface area contributed by atoms with Crippen molar-refractivity contribution in [3.05, 3.63) is 56.8 Å². The van der Waals surface area contributed by atoms with Gasteiger partial charge in [0.2, 0.25) is 11.8 Å². The Morgan fingerprint density at radius 1 is 1.38 bits per heavy atom. The smallest absolute Gasteiger partial charge is 0.420 e. The summed E-state index contributed by atoms with van der Waals surface area (Å²) in [6, 6.07) is 5.45. The van der Waals surface area contributed by atoms with E-state index in [2.05, 4.69) is 21.0 Å². The van der Waals surface area contributed by atoms with Gasteiger partial charge in [0, 0.05) is 10.0 Å². The number of nitrogens with one attached hydrogen (secondary N) is 1. The molecule has 3 N–H and O–H groups in total. The van der Waals surface area contributed by atoms with Gasteiger partial charge in [-0.3, -0.25) is 5.10 Å². The third kappa shape index (κ3) is 2.50. The van der Waals surface area contributed by atoms with Crippen LogP contribution in [0.4, 0.5) is 17.6 Å². The SMILES string of the molecule is N#CC1=C(N)Oc2n[nH]c(C(F)(F)F)c2[C@H]1c1cc(Br)ccc1F. The molecule has 0 spiro atoms. The molecule has 0 saturated heterocycles. The molecular weight excluding hydrogens is 396 g/mol. The van der Waals surface area contributed by atoms with Gasteiger partial charge in [0.15, 0.2) is 0 Å². The topological polar surface area (TPSA) is 87.7 Å². The molecule has 1 atom stereocenters. The Hall–Kier alpha value is -2.54. The third-order valence-corrected chi connectivity index (χ3v) is 3.98. The largest absolute Gasteiger partial charge is 0.433 e. The predicted molar refractivity (Wildman–Crippen MR) is 77.0 cm³/mol. The molecule has 1 aromatic carbocycles. The number of H-pyrrole nitrogens is 1. The van der Waals surface area contributed by atoms with Gasteiger partial charge in [-0.1, -0.05) is 15.9 Å². The maximum Gasteiger partial charge on any atom is 0.433 e. The second-order valence-corrected chi connectivity index (χ2v) is 5.82. The molecule has 0 saturated carbocycles. The highest BCUT2D eigenvalue weighted by molar-refractivity contribution is 9.10. The summed E-state index contributed by atoms with van der Waals surface area (Å²) in [6.45, 7) is 0. The van der Waals surface area contributed by atoms with E-state index < -0.39 is 40.9 Å². The van der Waals surface area contributed by atoms with Crippen molar-refractivity contribution in [1.82, 2.24) is 10.2 Å². The number of rotatable bonds is 1. The van der Waals surface area contributed by atoms with Crippen LogP contribution in [0, 0.1) is 17.1 Å². The van der Waals surface area contributed by atoms with Gasteiger partial charge >= 0.3 is 6.18 Å². The number of fused-ring (bicyclic) bond motifs is 1. The van der Waals surface area contributed by atoms with E-state index in [0.717, 1.165) is 6.07 Å². The van der Waals surface area contributed by atoms with Crippen LogP contribution in [0.25, 0.3) is 0 Å². The second-order valence-electron chi connectivity index (χ2n) is 4.91. The van der Waals surface area contributed by atoms with Gasteiger partial charge in [-0.2, -0.15) is 18.4 Å². The lowest BCUT2D eigenvalue weighted by molar-refractivity contribution is -0.141. The van der Waals surface area contributed by atoms with Gasteiger partial charge in [0.1, 0.15) is 23.2 Å². The Balaban J connectivity index is 2.33. The van der Waals surface area contributed by atoms with Crippen LogP contribution in [0.15, 0.2) is 34.1 Å². The summed E-state index contributed by atoms with van der Waals surface area (Å²) < 4.78 is 59.4. The monoisotopic (exact) mass is 402 g/mol. The van der Waals surface area contributed by atoms with Gasteiger partial charge in [0.25, 0.3) is 0 Å². The van der Waals surface area contributed by atoms with Crippen LogP contribution < -0.4 is 10.5 Å². The highest BCUT2D eigenvalue weighted by atomic mass is 79.9. The first-order chi connectivity index (χ1) is 11.2. The summed E-state index contributed by atoms with van der Waals surface area (Å²) >= 11 is 3.13. The molecule has 3 rings (SSSR count). The van der Waals surface area contributed by atoms with E-state index in [1.165, 1.54) is 12.1 Å². The van der Waals surface area contributed by atoms with Crippen LogP contribution in [-0.4, -0.2) is 10.2 Å². The van der Waals surface area contributed by atoms with Crippen molar-refractivity contribution in [1.29, 1.82) is 5.26 Å². The van der Waals surface area contributed by atoms with Crippen LogP contribution in [0.5, 0.6) is 5.88 Å². The minimum atomic E-state index is -4.79. The molecule has 24 heavy (non-hydrogen) atoms. The van der Waals surface area contributed by atoms with Crippen molar-refractivity contribution >= 4 is 15.9 Å². The number of hydrogen-bond donors (Lipinski definition) is 2. The van der Waals surface area contributed by atoms with E-state index >= 15 is 0 Å². The first-order valence-electron chi connectivity index (χ1n) is 6.42. The lowest BCUT2D eigenvalue weighted by atomic mass is 9.83. The lowest BCUT2D eigenvalue weighted by Gasteiger charge is -2.24. The lowest BCUT2D eigenvalue weighted by Crippen LogP contribution is -2.23. The number of benzene rings is 1. The van der Waals surface area contributed by atoms with Gasteiger partial charge in [-0.25, -0.2) is 4.39 Å². The predicted octanol–water partition coefficient (Wildman–Crippen LogP) is 3.55. The average Bonchev–Trinajstić information content (AvgIpc) is 2.91. The Morgan fingerprint density at radius 3 is 2.71 bits per heavy atom. The molecule has 10 heteroatoms. The molecule has 5 nitrogen and oxygen atoms in total. The molecule has 0 fully saturated rings. The van der Waals surface area contributed by atoms with Crippen LogP contribution in [0.1, 0.15) is 22.7 Å². The van der Waals surface area contributed by atoms with E-state index in [1.54, 1.807) is 6.07 Å². The molecule has 0 amide bonds. The van der Waals surface area contributed by atoms with Crippen molar-refractivity contribution in [2.45, 2.75) is 12.1 Å². The number of halogens is 5. The molecule has 0 aliphatic carbocycles. The fraction of sp³-hybridized carbons (Fsp3) is 0.143. The average molecular weight is 403 g/mol. The van der Waals surface area contributed by atoms with E-state index in [9.17, 15) is 22.8 Å². The summed E-state index contributed by atoms with van der Waals surface area (Å²) in [6.07, 6.45) is -4.79. The first-order valence-corrected chi connectivity index (χ1v) is 7.21. The Kier molecular flexibility index (Phi) is 3.76. The number of ether oxygens (including phenoxy) is 1. The normalized spacial score (nSPS) is 17.2. The Morgan fingerprint density at radius 2 is 2.08 bits per heavy atom. The number of alkyl halides is 3. The Bertz CT molecular complexity index is 897. The zero-order chi connectivity index (χ0) is 17.6. The maximum atomic E-state index is 14.3. The van der Waals surface area contributed by atoms with E-state index in [4.69, 9.17) is 10.5 Å². The van der Waals surface area contributed by atoms with Gasteiger partial charge in [-0.15, -0.1) is 5.10 Å². The first kappa shape index (κ1) is 16.3. The minimum absolute atomic E-state index is 0.152. The fourth-order valence-corrected chi connectivity index (χ4v) is 2.89. The number of nitrogens with zero attached hydrogens (tertiary/aromatic N) is 2. The molecule has 1 aromatic heterocycles. The van der Waals surface area contributed by atoms with Gasteiger partial charge < -0.3 is 10.5 Å². The molecule has 0 unspecified atom stereocenters. The number of allylic oxidation sites excluding steroid dienone is 1. The molecule has 1 aliphatic heterocycles. The molecule has 1 aliphatic rings. The van der Waals surface area contributed by atoms with Crippen LogP contribution in [0.3, 0.4) is 0 Å². The Labute approximate surface area is 140 Å². The van der Waals surface area contributed by atoms with Crippen molar-refractivity contribution in [3.8, 4) is 11.9 Å². The summed E-state index contributed by atoms with van der Waals surface area (Å²) in [5.41, 5.74) is 3.42.